The molecule has 0 bridgehead atoms. The Balaban J connectivity index is 1.76. The van der Waals surface area contributed by atoms with Crippen LogP contribution in [0.25, 0.3) is 0 Å². The molecule has 102 valence electrons. The number of carboxylic acids is 1. The topological polar surface area (TPSA) is 60.9 Å². The van der Waals surface area contributed by atoms with E-state index in [9.17, 15) is 9.59 Å². The molecule has 0 unspecified atom stereocenters. The van der Waals surface area contributed by atoms with Crippen molar-refractivity contribution in [1.29, 1.82) is 0 Å². The van der Waals surface area contributed by atoms with E-state index < -0.39 is 11.9 Å². The maximum atomic E-state index is 12.0. The first kappa shape index (κ1) is 13.3. The summed E-state index contributed by atoms with van der Waals surface area (Å²) in [7, 11) is 3.92. The lowest BCUT2D eigenvalue weighted by Crippen LogP contribution is -2.38. The lowest BCUT2D eigenvalue weighted by Gasteiger charge is -2.31. The van der Waals surface area contributed by atoms with Crippen LogP contribution in [-0.2, 0) is 9.59 Å². The van der Waals surface area contributed by atoms with E-state index in [0.717, 1.165) is 32.5 Å². The third kappa shape index (κ3) is 3.02. The van der Waals surface area contributed by atoms with Crippen LogP contribution < -0.4 is 0 Å². The van der Waals surface area contributed by atoms with Crippen molar-refractivity contribution in [2.45, 2.75) is 19.3 Å². The van der Waals surface area contributed by atoms with Crippen LogP contribution in [0.5, 0.6) is 0 Å². The molecule has 0 spiro atoms. The normalized spacial score (nSPS) is 29.0. The van der Waals surface area contributed by atoms with Gasteiger partial charge in [-0.3, -0.25) is 9.59 Å². The van der Waals surface area contributed by atoms with Gasteiger partial charge in [-0.15, -0.1) is 0 Å². The van der Waals surface area contributed by atoms with Gasteiger partial charge in [-0.2, -0.15) is 0 Å². The molecule has 2 rings (SSSR count). The van der Waals surface area contributed by atoms with Gasteiger partial charge < -0.3 is 14.9 Å². The van der Waals surface area contributed by atoms with E-state index in [1.165, 1.54) is 0 Å². The highest BCUT2D eigenvalue weighted by atomic mass is 16.4. The van der Waals surface area contributed by atoms with Gasteiger partial charge in [0.2, 0.25) is 5.91 Å². The third-order valence-electron chi connectivity index (χ3n) is 4.17. The molecule has 0 radical (unpaired) electrons. The number of carboxylic acid groups (broad SMARTS) is 1. The fourth-order valence-corrected chi connectivity index (χ4v) is 2.75. The molecule has 2 atom stereocenters. The molecule has 0 aromatic rings. The van der Waals surface area contributed by atoms with Crippen molar-refractivity contribution < 1.29 is 14.7 Å². The van der Waals surface area contributed by atoms with Gasteiger partial charge in [-0.05, 0) is 45.3 Å². The van der Waals surface area contributed by atoms with Crippen LogP contribution in [0.15, 0.2) is 0 Å². The Labute approximate surface area is 108 Å². The highest BCUT2D eigenvalue weighted by Gasteiger charge is 2.49. The summed E-state index contributed by atoms with van der Waals surface area (Å²) >= 11 is 0. The summed E-state index contributed by atoms with van der Waals surface area (Å²) in [4.78, 5) is 26.8. The molecular formula is C13H22N2O3. The third-order valence-corrected chi connectivity index (χ3v) is 4.17. The standard InChI is InChI=1S/C13H22N2O3/c1-14-5-3-9(4-6-14)8-15(2)12(16)10-7-11(10)13(17)18/h9-11H,3-8H2,1-2H3,(H,17,18)/t10-,11+/m1/s1. The molecule has 1 saturated heterocycles. The van der Waals surface area contributed by atoms with Crippen molar-refractivity contribution in [1.82, 2.24) is 9.80 Å². The van der Waals surface area contributed by atoms with Crippen LogP contribution in [0.2, 0.25) is 0 Å². The summed E-state index contributed by atoms with van der Waals surface area (Å²) in [6.45, 7) is 2.96. The second-order valence-corrected chi connectivity index (χ2v) is 5.75. The molecule has 1 amide bonds. The highest BCUT2D eigenvalue weighted by Crippen LogP contribution is 2.40. The zero-order valence-electron chi connectivity index (χ0n) is 11.1. The van der Waals surface area contributed by atoms with Gasteiger partial charge in [0.1, 0.15) is 0 Å². The Kier molecular flexibility index (Phi) is 3.90. The molecule has 0 aromatic carbocycles. The molecule has 5 heteroatoms. The quantitative estimate of drug-likeness (QED) is 0.794. The lowest BCUT2D eigenvalue weighted by molar-refractivity contribution is -0.141. The maximum Gasteiger partial charge on any atom is 0.307 e. The van der Waals surface area contributed by atoms with E-state index >= 15 is 0 Å². The number of hydrogen-bond donors (Lipinski definition) is 1. The van der Waals surface area contributed by atoms with E-state index in [4.69, 9.17) is 5.11 Å². The number of likely N-dealkylation sites (tertiary alicyclic amines) is 1. The minimum absolute atomic E-state index is 0.0151. The smallest absolute Gasteiger partial charge is 0.307 e. The molecule has 1 saturated carbocycles. The van der Waals surface area contributed by atoms with E-state index in [2.05, 4.69) is 11.9 Å². The van der Waals surface area contributed by atoms with Gasteiger partial charge in [0, 0.05) is 13.6 Å². The zero-order chi connectivity index (χ0) is 13.3. The van der Waals surface area contributed by atoms with Gasteiger partial charge in [0.25, 0.3) is 0 Å². The molecule has 1 N–H and O–H groups in total. The highest BCUT2D eigenvalue weighted by molar-refractivity contribution is 5.89. The van der Waals surface area contributed by atoms with Gasteiger partial charge in [-0.25, -0.2) is 0 Å². The Morgan fingerprint density at radius 3 is 2.39 bits per heavy atom. The van der Waals surface area contributed by atoms with Crippen LogP contribution in [0.1, 0.15) is 19.3 Å². The fraction of sp³-hybridized carbons (Fsp3) is 0.846. The Morgan fingerprint density at radius 2 is 1.89 bits per heavy atom. The number of carbonyl (C=O) groups is 2. The SMILES string of the molecule is CN1CCC(CN(C)C(=O)[C@@H]2C[C@@H]2C(=O)O)CC1. The van der Waals surface area contributed by atoms with Crippen LogP contribution in [-0.4, -0.2) is 60.5 Å². The van der Waals surface area contributed by atoms with Crippen molar-refractivity contribution in [2.24, 2.45) is 17.8 Å². The van der Waals surface area contributed by atoms with E-state index in [0.29, 0.717) is 12.3 Å². The number of aliphatic carboxylic acids is 1. The Bertz CT molecular complexity index is 337. The van der Waals surface area contributed by atoms with Crippen molar-refractivity contribution in [2.75, 3.05) is 33.7 Å². The fourth-order valence-electron chi connectivity index (χ4n) is 2.75. The lowest BCUT2D eigenvalue weighted by atomic mass is 9.96. The predicted molar refractivity (Wildman–Crippen MR) is 67.1 cm³/mol. The second kappa shape index (κ2) is 5.26. The second-order valence-electron chi connectivity index (χ2n) is 5.75. The molecule has 1 heterocycles. The van der Waals surface area contributed by atoms with Crippen molar-refractivity contribution in [3.05, 3.63) is 0 Å². The number of nitrogens with zero attached hydrogens (tertiary/aromatic N) is 2. The molecule has 1 aliphatic carbocycles. The summed E-state index contributed by atoms with van der Waals surface area (Å²) < 4.78 is 0. The average molecular weight is 254 g/mol. The minimum atomic E-state index is -0.832. The van der Waals surface area contributed by atoms with Gasteiger partial charge in [0.15, 0.2) is 0 Å². The van der Waals surface area contributed by atoms with Gasteiger partial charge in [0.05, 0.1) is 11.8 Å². The first-order valence-electron chi connectivity index (χ1n) is 6.65. The van der Waals surface area contributed by atoms with Crippen molar-refractivity contribution in [3.8, 4) is 0 Å². The number of rotatable bonds is 4. The van der Waals surface area contributed by atoms with Crippen LogP contribution in [0.4, 0.5) is 0 Å². The minimum Gasteiger partial charge on any atom is -0.481 e. The van der Waals surface area contributed by atoms with E-state index in [1.54, 1.807) is 11.9 Å². The summed E-state index contributed by atoms with van der Waals surface area (Å²) in [6, 6.07) is 0. The van der Waals surface area contributed by atoms with Crippen molar-refractivity contribution in [3.63, 3.8) is 0 Å². The summed E-state index contributed by atoms with van der Waals surface area (Å²) in [5.74, 6) is -0.948. The Hall–Kier alpha value is -1.10. The number of carbonyl (C=O) groups excluding carboxylic acids is 1. The van der Waals surface area contributed by atoms with Crippen LogP contribution in [0, 0.1) is 17.8 Å². The predicted octanol–water partition coefficient (Wildman–Crippen LogP) is 0.507. The molecule has 0 aromatic heterocycles. The number of hydrogen-bond acceptors (Lipinski definition) is 3. The van der Waals surface area contributed by atoms with Crippen molar-refractivity contribution >= 4 is 11.9 Å². The number of amides is 1. The van der Waals surface area contributed by atoms with E-state index in [-0.39, 0.29) is 11.8 Å². The summed E-state index contributed by atoms with van der Waals surface area (Å²) in [6.07, 6.45) is 2.77. The van der Waals surface area contributed by atoms with Gasteiger partial charge in [-0.1, -0.05) is 0 Å². The first-order valence-corrected chi connectivity index (χ1v) is 6.65. The zero-order valence-corrected chi connectivity index (χ0v) is 11.1. The summed E-state index contributed by atoms with van der Waals surface area (Å²) in [5.41, 5.74) is 0. The molecule has 2 aliphatic rings. The summed E-state index contributed by atoms with van der Waals surface area (Å²) in [5, 5.41) is 8.83. The first-order chi connectivity index (χ1) is 8.49. The van der Waals surface area contributed by atoms with Crippen LogP contribution in [0.3, 0.4) is 0 Å². The van der Waals surface area contributed by atoms with E-state index in [1.807, 2.05) is 0 Å². The molecule has 5 nitrogen and oxygen atoms in total. The molecular weight excluding hydrogens is 232 g/mol. The molecule has 2 fully saturated rings. The number of piperidine rings is 1. The largest absolute Gasteiger partial charge is 0.481 e. The maximum absolute atomic E-state index is 12.0. The molecule has 1 aliphatic heterocycles. The van der Waals surface area contributed by atoms with Gasteiger partial charge >= 0.3 is 5.97 Å². The monoisotopic (exact) mass is 254 g/mol. The molecule has 18 heavy (non-hydrogen) atoms. The van der Waals surface area contributed by atoms with Crippen LogP contribution >= 0.6 is 0 Å². The Morgan fingerprint density at radius 1 is 1.28 bits per heavy atom. The average Bonchev–Trinajstić information content (AvgIpc) is 3.11.